The molecule has 0 aliphatic heterocycles. The molecule has 0 saturated heterocycles. The van der Waals surface area contributed by atoms with E-state index in [1.165, 1.54) is 12.1 Å². The predicted molar refractivity (Wildman–Crippen MR) is 91.1 cm³/mol. The van der Waals surface area contributed by atoms with Crippen LogP contribution in [0, 0.1) is 12.7 Å². The molecule has 0 saturated carbocycles. The zero-order valence-corrected chi connectivity index (χ0v) is 14.4. The van der Waals surface area contributed by atoms with Crippen LogP contribution in [0.1, 0.15) is 28.4 Å². The number of nitrogens with zero attached hydrogens (tertiary/aromatic N) is 1. The van der Waals surface area contributed by atoms with E-state index in [-0.39, 0.29) is 5.91 Å². The Hall–Kier alpha value is -2.56. The SMILES string of the molecule is CCN(Cc1ccc(OC)c(OC)c1)C(=O)c1cc(F)ccc1C. The number of hydrogen-bond donors (Lipinski definition) is 0. The van der Waals surface area contributed by atoms with Gasteiger partial charge in [-0.2, -0.15) is 0 Å². The number of hydrogen-bond acceptors (Lipinski definition) is 3. The van der Waals surface area contributed by atoms with E-state index >= 15 is 0 Å². The van der Waals surface area contributed by atoms with E-state index in [1.54, 1.807) is 38.2 Å². The van der Waals surface area contributed by atoms with Crippen LogP contribution in [0.15, 0.2) is 36.4 Å². The zero-order chi connectivity index (χ0) is 17.7. The summed E-state index contributed by atoms with van der Waals surface area (Å²) in [7, 11) is 3.15. The third-order valence-electron chi connectivity index (χ3n) is 3.92. The van der Waals surface area contributed by atoms with E-state index in [1.807, 2.05) is 19.1 Å². The van der Waals surface area contributed by atoms with Gasteiger partial charge >= 0.3 is 0 Å². The molecule has 2 rings (SSSR count). The van der Waals surface area contributed by atoms with Crippen molar-refractivity contribution in [3.8, 4) is 11.5 Å². The highest BCUT2D eigenvalue weighted by atomic mass is 19.1. The lowest BCUT2D eigenvalue weighted by molar-refractivity contribution is 0.0751. The van der Waals surface area contributed by atoms with Crippen molar-refractivity contribution < 1.29 is 18.7 Å². The van der Waals surface area contributed by atoms with Crippen molar-refractivity contribution in [2.75, 3.05) is 20.8 Å². The number of benzene rings is 2. The third kappa shape index (κ3) is 3.85. The van der Waals surface area contributed by atoms with Gasteiger partial charge in [0, 0.05) is 18.7 Å². The van der Waals surface area contributed by atoms with Gasteiger partial charge in [0.2, 0.25) is 0 Å². The topological polar surface area (TPSA) is 38.8 Å². The Morgan fingerprint density at radius 3 is 2.42 bits per heavy atom. The van der Waals surface area contributed by atoms with E-state index < -0.39 is 5.82 Å². The summed E-state index contributed by atoms with van der Waals surface area (Å²) >= 11 is 0. The summed E-state index contributed by atoms with van der Waals surface area (Å²) in [4.78, 5) is 14.4. The van der Waals surface area contributed by atoms with Crippen LogP contribution in [0.2, 0.25) is 0 Å². The molecule has 2 aromatic carbocycles. The maximum Gasteiger partial charge on any atom is 0.254 e. The van der Waals surface area contributed by atoms with Gasteiger partial charge in [0.1, 0.15) is 5.82 Å². The molecule has 0 bridgehead atoms. The van der Waals surface area contributed by atoms with Crippen LogP contribution in [0.3, 0.4) is 0 Å². The number of amides is 1. The first-order valence-electron chi connectivity index (χ1n) is 7.76. The van der Waals surface area contributed by atoms with Gasteiger partial charge in [-0.25, -0.2) is 4.39 Å². The highest BCUT2D eigenvalue weighted by molar-refractivity contribution is 5.95. The van der Waals surface area contributed by atoms with Crippen LogP contribution in [0.5, 0.6) is 11.5 Å². The fourth-order valence-electron chi connectivity index (χ4n) is 2.52. The van der Waals surface area contributed by atoms with Gasteiger partial charge in [-0.05, 0) is 49.2 Å². The molecule has 24 heavy (non-hydrogen) atoms. The standard InChI is InChI=1S/C19H22FNO3/c1-5-21(19(22)16-11-15(20)8-6-13(16)2)12-14-7-9-17(23-3)18(10-14)24-4/h6-11H,5,12H2,1-4H3. The molecule has 0 spiro atoms. The van der Waals surface area contributed by atoms with Crippen LogP contribution in [-0.2, 0) is 6.54 Å². The molecule has 0 radical (unpaired) electrons. The molecule has 1 amide bonds. The normalized spacial score (nSPS) is 10.4. The average Bonchev–Trinajstić information content (AvgIpc) is 2.60. The van der Waals surface area contributed by atoms with E-state index in [0.29, 0.717) is 30.2 Å². The summed E-state index contributed by atoms with van der Waals surface area (Å²) < 4.78 is 24.0. The Balaban J connectivity index is 2.26. The van der Waals surface area contributed by atoms with Gasteiger partial charge in [0.05, 0.1) is 14.2 Å². The smallest absolute Gasteiger partial charge is 0.254 e. The molecule has 0 aromatic heterocycles. The summed E-state index contributed by atoms with van der Waals surface area (Å²) in [5.41, 5.74) is 2.06. The number of halogens is 1. The van der Waals surface area contributed by atoms with Crippen LogP contribution < -0.4 is 9.47 Å². The first-order chi connectivity index (χ1) is 11.5. The van der Waals surface area contributed by atoms with Crippen molar-refractivity contribution in [3.05, 3.63) is 58.9 Å². The molecule has 0 N–H and O–H groups in total. The number of carbonyl (C=O) groups is 1. The van der Waals surface area contributed by atoms with Crippen molar-refractivity contribution in [2.45, 2.75) is 20.4 Å². The van der Waals surface area contributed by atoms with Crippen molar-refractivity contribution in [3.63, 3.8) is 0 Å². The first-order valence-corrected chi connectivity index (χ1v) is 7.76. The fourth-order valence-corrected chi connectivity index (χ4v) is 2.52. The molecule has 0 aliphatic carbocycles. The van der Waals surface area contributed by atoms with E-state index in [2.05, 4.69) is 0 Å². The fraction of sp³-hybridized carbons (Fsp3) is 0.316. The third-order valence-corrected chi connectivity index (χ3v) is 3.92. The van der Waals surface area contributed by atoms with E-state index in [9.17, 15) is 9.18 Å². The van der Waals surface area contributed by atoms with Gasteiger partial charge in [0.25, 0.3) is 5.91 Å². The summed E-state index contributed by atoms with van der Waals surface area (Å²) in [5.74, 6) is 0.646. The molecule has 5 heteroatoms. The monoisotopic (exact) mass is 331 g/mol. The molecule has 0 atom stereocenters. The molecule has 0 heterocycles. The minimum atomic E-state index is -0.411. The number of methoxy groups -OCH3 is 2. The Kier molecular flexibility index (Phi) is 5.79. The number of ether oxygens (including phenoxy) is 2. The summed E-state index contributed by atoms with van der Waals surface area (Å²) in [6, 6.07) is 9.79. The minimum absolute atomic E-state index is 0.190. The predicted octanol–water partition coefficient (Wildman–Crippen LogP) is 3.81. The molecule has 0 aliphatic rings. The van der Waals surface area contributed by atoms with Gasteiger partial charge in [-0.3, -0.25) is 4.79 Å². The van der Waals surface area contributed by atoms with Crippen LogP contribution in [0.25, 0.3) is 0 Å². The maximum absolute atomic E-state index is 13.5. The summed E-state index contributed by atoms with van der Waals surface area (Å²) in [6.45, 7) is 4.62. The number of aryl methyl sites for hydroxylation is 1. The molecular formula is C19H22FNO3. The highest BCUT2D eigenvalue weighted by Gasteiger charge is 2.18. The molecule has 0 fully saturated rings. The lowest BCUT2D eigenvalue weighted by atomic mass is 10.1. The molecule has 2 aromatic rings. The molecule has 4 nitrogen and oxygen atoms in total. The zero-order valence-electron chi connectivity index (χ0n) is 14.4. The van der Waals surface area contributed by atoms with Crippen LogP contribution >= 0.6 is 0 Å². The first kappa shape index (κ1) is 17.8. The van der Waals surface area contributed by atoms with Gasteiger partial charge in [-0.1, -0.05) is 12.1 Å². The maximum atomic E-state index is 13.5. The second-order valence-corrected chi connectivity index (χ2v) is 5.47. The Morgan fingerprint density at radius 2 is 1.79 bits per heavy atom. The van der Waals surface area contributed by atoms with Crippen molar-refractivity contribution in [1.29, 1.82) is 0 Å². The molecule has 128 valence electrons. The Morgan fingerprint density at radius 1 is 1.08 bits per heavy atom. The summed E-state index contributed by atoms with van der Waals surface area (Å²) in [5, 5.41) is 0. The second-order valence-electron chi connectivity index (χ2n) is 5.47. The number of carbonyl (C=O) groups excluding carboxylic acids is 1. The van der Waals surface area contributed by atoms with Crippen molar-refractivity contribution >= 4 is 5.91 Å². The van der Waals surface area contributed by atoms with Gasteiger partial charge in [0.15, 0.2) is 11.5 Å². The van der Waals surface area contributed by atoms with E-state index in [0.717, 1.165) is 11.1 Å². The summed E-state index contributed by atoms with van der Waals surface area (Å²) in [6.07, 6.45) is 0. The van der Waals surface area contributed by atoms with Crippen LogP contribution in [0.4, 0.5) is 4.39 Å². The highest BCUT2D eigenvalue weighted by Crippen LogP contribution is 2.28. The second kappa shape index (κ2) is 7.81. The van der Waals surface area contributed by atoms with Crippen molar-refractivity contribution in [1.82, 2.24) is 4.90 Å². The van der Waals surface area contributed by atoms with Crippen LogP contribution in [-0.4, -0.2) is 31.6 Å². The Bertz CT molecular complexity index is 731. The lowest BCUT2D eigenvalue weighted by Crippen LogP contribution is -2.31. The molecular weight excluding hydrogens is 309 g/mol. The van der Waals surface area contributed by atoms with Gasteiger partial charge < -0.3 is 14.4 Å². The van der Waals surface area contributed by atoms with E-state index in [4.69, 9.17) is 9.47 Å². The van der Waals surface area contributed by atoms with Crippen molar-refractivity contribution in [2.24, 2.45) is 0 Å². The quantitative estimate of drug-likeness (QED) is 0.808. The lowest BCUT2D eigenvalue weighted by Gasteiger charge is -2.22. The molecule has 0 unspecified atom stereocenters. The van der Waals surface area contributed by atoms with Gasteiger partial charge in [-0.15, -0.1) is 0 Å². The number of rotatable bonds is 6. The largest absolute Gasteiger partial charge is 0.493 e. The minimum Gasteiger partial charge on any atom is -0.493 e. The Labute approximate surface area is 141 Å². The average molecular weight is 331 g/mol.